The minimum atomic E-state index is -0.436. The first-order chi connectivity index (χ1) is 13.0. The van der Waals surface area contributed by atoms with Crippen molar-refractivity contribution in [3.8, 4) is 0 Å². The average Bonchev–Trinajstić information content (AvgIpc) is 2.66. The van der Waals surface area contributed by atoms with Crippen molar-refractivity contribution in [2.45, 2.75) is 33.1 Å². The number of likely N-dealkylation sites (tertiary alicyclic amines) is 1. The van der Waals surface area contributed by atoms with Gasteiger partial charge in [0.1, 0.15) is 0 Å². The molecule has 4 nitrogen and oxygen atoms in total. The molecule has 0 saturated carbocycles. The lowest BCUT2D eigenvalue weighted by Gasteiger charge is -2.32. The molecule has 0 spiro atoms. The van der Waals surface area contributed by atoms with Gasteiger partial charge in [0.25, 0.3) is 5.91 Å². The third kappa shape index (κ3) is 5.43. The Balaban J connectivity index is 1.45. The highest BCUT2D eigenvalue weighted by Crippen LogP contribution is 2.21. The van der Waals surface area contributed by atoms with E-state index < -0.39 is 5.97 Å². The molecule has 27 heavy (non-hydrogen) atoms. The second-order valence-electron chi connectivity index (χ2n) is 7.47. The fourth-order valence-corrected chi connectivity index (χ4v) is 3.73. The molecule has 0 radical (unpaired) electrons. The smallest absolute Gasteiger partial charge is 0.338 e. The van der Waals surface area contributed by atoms with Crippen molar-refractivity contribution in [2.24, 2.45) is 5.92 Å². The van der Waals surface area contributed by atoms with Gasteiger partial charge in [0, 0.05) is 13.1 Å². The lowest BCUT2D eigenvalue weighted by atomic mass is 9.90. The van der Waals surface area contributed by atoms with Crippen molar-refractivity contribution in [3.63, 3.8) is 0 Å². The number of rotatable bonds is 5. The van der Waals surface area contributed by atoms with Crippen molar-refractivity contribution in [2.75, 3.05) is 19.7 Å². The molecular weight excluding hydrogens is 338 g/mol. The lowest BCUT2D eigenvalue weighted by Crippen LogP contribution is -2.41. The summed E-state index contributed by atoms with van der Waals surface area (Å²) in [6, 6.07) is 16.1. The number of benzene rings is 2. The molecule has 1 amide bonds. The summed E-state index contributed by atoms with van der Waals surface area (Å²) in [5.41, 5.74) is 3.87. The number of piperidine rings is 1. The number of nitrogens with zero attached hydrogens (tertiary/aromatic N) is 1. The van der Waals surface area contributed by atoms with Crippen LogP contribution >= 0.6 is 0 Å². The van der Waals surface area contributed by atoms with Gasteiger partial charge in [-0.15, -0.1) is 0 Å². The number of amides is 1. The molecule has 0 atom stereocenters. The third-order valence-electron chi connectivity index (χ3n) is 5.12. The Morgan fingerprint density at radius 1 is 1.00 bits per heavy atom. The van der Waals surface area contributed by atoms with E-state index in [1.165, 1.54) is 5.56 Å². The van der Waals surface area contributed by atoms with Crippen LogP contribution < -0.4 is 0 Å². The second-order valence-corrected chi connectivity index (χ2v) is 7.47. The first kappa shape index (κ1) is 19.2. The van der Waals surface area contributed by atoms with Crippen LogP contribution in [-0.4, -0.2) is 36.5 Å². The maximum Gasteiger partial charge on any atom is 0.338 e. The molecule has 1 aliphatic rings. The standard InChI is InChI=1S/C23H27NO3/c1-17-12-18(2)14-21(13-17)23(26)27-16-22(25)24-10-8-20(9-11-24)15-19-6-4-3-5-7-19/h3-7,12-14,20H,8-11,15-16H2,1-2H3. The largest absolute Gasteiger partial charge is 0.452 e. The van der Waals surface area contributed by atoms with Crippen LogP contribution in [0.3, 0.4) is 0 Å². The summed E-state index contributed by atoms with van der Waals surface area (Å²) in [6.45, 7) is 5.16. The van der Waals surface area contributed by atoms with Crippen molar-refractivity contribution in [3.05, 3.63) is 70.8 Å². The molecule has 0 aliphatic carbocycles. The predicted octanol–water partition coefficient (Wildman–Crippen LogP) is 3.94. The number of hydrogen-bond acceptors (Lipinski definition) is 3. The van der Waals surface area contributed by atoms with Crippen LogP contribution in [0.1, 0.15) is 39.9 Å². The van der Waals surface area contributed by atoms with Gasteiger partial charge in [-0.3, -0.25) is 4.79 Å². The summed E-state index contributed by atoms with van der Waals surface area (Å²) >= 11 is 0. The van der Waals surface area contributed by atoms with Gasteiger partial charge in [-0.2, -0.15) is 0 Å². The normalized spacial score (nSPS) is 14.8. The van der Waals surface area contributed by atoms with Gasteiger partial charge in [0.05, 0.1) is 5.56 Å². The predicted molar refractivity (Wildman–Crippen MR) is 106 cm³/mol. The zero-order chi connectivity index (χ0) is 19.2. The van der Waals surface area contributed by atoms with Crippen molar-refractivity contribution < 1.29 is 14.3 Å². The van der Waals surface area contributed by atoms with E-state index in [1.54, 1.807) is 12.1 Å². The monoisotopic (exact) mass is 365 g/mol. The van der Waals surface area contributed by atoms with Crippen molar-refractivity contribution in [1.29, 1.82) is 0 Å². The Morgan fingerprint density at radius 2 is 1.63 bits per heavy atom. The number of aryl methyl sites for hydroxylation is 2. The van der Waals surface area contributed by atoms with E-state index in [2.05, 4.69) is 24.3 Å². The highest BCUT2D eigenvalue weighted by atomic mass is 16.5. The zero-order valence-electron chi connectivity index (χ0n) is 16.1. The Labute approximate surface area is 161 Å². The van der Waals surface area contributed by atoms with E-state index in [9.17, 15) is 9.59 Å². The highest BCUT2D eigenvalue weighted by molar-refractivity contribution is 5.91. The molecule has 0 aromatic heterocycles. The van der Waals surface area contributed by atoms with Gasteiger partial charge >= 0.3 is 5.97 Å². The van der Waals surface area contributed by atoms with E-state index in [0.717, 1.165) is 43.5 Å². The Bertz CT molecular complexity index is 772. The molecule has 4 heteroatoms. The number of ether oxygens (including phenoxy) is 1. The minimum Gasteiger partial charge on any atom is -0.452 e. The quantitative estimate of drug-likeness (QED) is 0.754. The van der Waals surface area contributed by atoms with E-state index in [-0.39, 0.29) is 12.5 Å². The molecule has 2 aromatic carbocycles. The molecule has 0 unspecified atom stereocenters. The van der Waals surface area contributed by atoms with Crippen molar-refractivity contribution in [1.82, 2.24) is 4.90 Å². The molecule has 1 heterocycles. The van der Waals surface area contributed by atoms with Crippen LogP contribution in [0.15, 0.2) is 48.5 Å². The Morgan fingerprint density at radius 3 is 2.26 bits per heavy atom. The second kappa shape index (κ2) is 8.85. The van der Waals surface area contributed by atoms with E-state index in [1.807, 2.05) is 30.9 Å². The molecule has 0 bridgehead atoms. The van der Waals surface area contributed by atoms with Gasteiger partial charge in [-0.05, 0) is 56.7 Å². The summed E-state index contributed by atoms with van der Waals surface area (Å²) in [6.07, 6.45) is 3.04. The number of hydrogen-bond donors (Lipinski definition) is 0. The molecule has 1 fully saturated rings. The molecule has 142 valence electrons. The van der Waals surface area contributed by atoms with Gasteiger partial charge in [-0.1, -0.05) is 47.5 Å². The average molecular weight is 365 g/mol. The molecule has 2 aromatic rings. The summed E-state index contributed by atoms with van der Waals surface area (Å²) < 4.78 is 5.25. The van der Waals surface area contributed by atoms with E-state index in [0.29, 0.717) is 11.5 Å². The zero-order valence-corrected chi connectivity index (χ0v) is 16.1. The van der Waals surface area contributed by atoms with Crippen LogP contribution in [0.4, 0.5) is 0 Å². The highest BCUT2D eigenvalue weighted by Gasteiger charge is 2.23. The van der Waals surface area contributed by atoms with Crippen molar-refractivity contribution >= 4 is 11.9 Å². The molecule has 0 N–H and O–H groups in total. The van der Waals surface area contributed by atoms with Crippen LogP contribution in [0.25, 0.3) is 0 Å². The molecule has 3 rings (SSSR count). The Hall–Kier alpha value is -2.62. The van der Waals surface area contributed by atoms with Crippen LogP contribution in [0.5, 0.6) is 0 Å². The maximum atomic E-state index is 12.4. The van der Waals surface area contributed by atoms with Gasteiger partial charge in [0.15, 0.2) is 6.61 Å². The summed E-state index contributed by atoms with van der Waals surface area (Å²) in [4.78, 5) is 26.4. The molecule has 1 saturated heterocycles. The first-order valence-electron chi connectivity index (χ1n) is 9.58. The molecule has 1 aliphatic heterocycles. The van der Waals surface area contributed by atoms with Gasteiger partial charge in [0.2, 0.25) is 0 Å². The van der Waals surface area contributed by atoms with Gasteiger partial charge in [-0.25, -0.2) is 4.79 Å². The van der Waals surface area contributed by atoms with E-state index >= 15 is 0 Å². The first-order valence-corrected chi connectivity index (χ1v) is 9.58. The SMILES string of the molecule is Cc1cc(C)cc(C(=O)OCC(=O)N2CCC(Cc3ccccc3)CC2)c1. The number of esters is 1. The summed E-state index contributed by atoms with van der Waals surface area (Å²) in [5.74, 6) is 0.0641. The van der Waals surface area contributed by atoms with E-state index in [4.69, 9.17) is 4.74 Å². The Kier molecular flexibility index (Phi) is 6.28. The minimum absolute atomic E-state index is 0.106. The maximum absolute atomic E-state index is 12.4. The fraction of sp³-hybridized carbons (Fsp3) is 0.391. The van der Waals surface area contributed by atoms with Crippen LogP contribution in [0, 0.1) is 19.8 Å². The summed E-state index contributed by atoms with van der Waals surface area (Å²) in [5, 5.41) is 0. The number of carbonyl (C=O) groups excluding carboxylic acids is 2. The summed E-state index contributed by atoms with van der Waals surface area (Å²) in [7, 11) is 0. The lowest BCUT2D eigenvalue weighted by molar-refractivity contribution is -0.135. The number of carbonyl (C=O) groups is 2. The molecular formula is C23H27NO3. The topological polar surface area (TPSA) is 46.6 Å². The third-order valence-corrected chi connectivity index (χ3v) is 5.12. The van der Waals surface area contributed by atoms with Crippen LogP contribution in [-0.2, 0) is 16.0 Å². The van der Waals surface area contributed by atoms with Crippen LogP contribution in [0.2, 0.25) is 0 Å². The fourth-order valence-electron chi connectivity index (χ4n) is 3.73. The van der Waals surface area contributed by atoms with Gasteiger partial charge < -0.3 is 9.64 Å².